The van der Waals surface area contributed by atoms with Gasteiger partial charge >= 0.3 is 0 Å². The number of amides is 1. The summed E-state index contributed by atoms with van der Waals surface area (Å²) in [6.07, 6.45) is 0. The fourth-order valence-corrected chi connectivity index (χ4v) is 4.73. The second kappa shape index (κ2) is 7.58. The largest absolute Gasteiger partial charge is 0.320 e. The number of fused-ring (bicyclic) bond motifs is 1. The second-order valence-electron chi connectivity index (χ2n) is 6.43. The number of nitrogens with zero attached hydrogens (tertiary/aromatic N) is 2. The van der Waals surface area contributed by atoms with Gasteiger partial charge in [-0.3, -0.25) is 4.79 Å². The number of hydrogen-bond donors (Lipinski definition) is 1. The highest BCUT2D eigenvalue weighted by Gasteiger charge is 2.13. The SMILES string of the molecule is O=C(Nc1cccc(-c2csc(-c3ccccc3)n2)c1)c1nc2ccccc2s1. The summed E-state index contributed by atoms with van der Waals surface area (Å²) < 4.78 is 1.00. The number of benzene rings is 3. The van der Waals surface area contributed by atoms with Gasteiger partial charge in [0.2, 0.25) is 0 Å². The molecule has 0 aliphatic heterocycles. The van der Waals surface area contributed by atoms with E-state index < -0.39 is 0 Å². The fourth-order valence-electron chi connectivity index (χ4n) is 3.03. The number of carbonyl (C=O) groups excluding carboxylic acids is 1. The molecule has 2 aromatic heterocycles. The molecule has 0 spiro atoms. The number of anilines is 1. The summed E-state index contributed by atoms with van der Waals surface area (Å²) in [5.74, 6) is -0.202. The summed E-state index contributed by atoms with van der Waals surface area (Å²) in [7, 11) is 0. The quantitative estimate of drug-likeness (QED) is 0.374. The molecular formula is C23H15N3OS2. The molecule has 5 aromatic rings. The summed E-state index contributed by atoms with van der Waals surface area (Å²) in [6, 6.07) is 25.6. The number of aromatic nitrogens is 2. The number of carbonyl (C=O) groups is 1. The molecule has 0 unspecified atom stereocenters. The summed E-state index contributed by atoms with van der Waals surface area (Å²) >= 11 is 3.00. The third kappa shape index (κ3) is 3.68. The van der Waals surface area contributed by atoms with Crippen LogP contribution in [0.2, 0.25) is 0 Å². The normalized spacial score (nSPS) is 10.9. The average Bonchev–Trinajstić information content (AvgIpc) is 3.42. The number of para-hydroxylation sites is 1. The second-order valence-corrected chi connectivity index (χ2v) is 8.31. The molecule has 5 rings (SSSR count). The highest BCUT2D eigenvalue weighted by molar-refractivity contribution is 7.20. The summed E-state index contributed by atoms with van der Waals surface area (Å²) in [5, 5.41) is 6.42. The van der Waals surface area contributed by atoms with Crippen LogP contribution in [0.1, 0.15) is 9.80 Å². The molecular weight excluding hydrogens is 398 g/mol. The third-order valence-electron chi connectivity index (χ3n) is 4.43. The molecule has 29 heavy (non-hydrogen) atoms. The molecule has 3 aromatic carbocycles. The molecule has 0 atom stereocenters. The fraction of sp³-hybridized carbons (Fsp3) is 0. The van der Waals surface area contributed by atoms with Crippen LogP contribution in [-0.4, -0.2) is 15.9 Å². The zero-order valence-electron chi connectivity index (χ0n) is 15.2. The van der Waals surface area contributed by atoms with E-state index in [-0.39, 0.29) is 5.91 Å². The summed E-state index contributed by atoms with van der Waals surface area (Å²) in [5.41, 5.74) is 4.52. The molecule has 2 heterocycles. The first-order chi connectivity index (χ1) is 14.3. The van der Waals surface area contributed by atoms with Crippen molar-refractivity contribution >= 4 is 44.5 Å². The van der Waals surface area contributed by atoms with E-state index in [1.807, 2.05) is 72.1 Å². The van der Waals surface area contributed by atoms with Gasteiger partial charge in [0.1, 0.15) is 5.01 Å². The van der Waals surface area contributed by atoms with Crippen LogP contribution in [0.15, 0.2) is 84.2 Å². The van der Waals surface area contributed by atoms with Gasteiger partial charge in [-0.05, 0) is 24.3 Å². The third-order valence-corrected chi connectivity index (χ3v) is 6.36. The lowest BCUT2D eigenvalue weighted by molar-refractivity contribution is 0.102. The highest BCUT2D eigenvalue weighted by atomic mass is 32.1. The molecule has 4 nitrogen and oxygen atoms in total. The van der Waals surface area contributed by atoms with Gasteiger partial charge in [-0.2, -0.15) is 0 Å². The maximum atomic E-state index is 12.6. The van der Waals surface area contributed by atoms with E-state index >= 15 is 0 Å². The van der Waals surface area contributed by atoms with Crippen molar-refractivity contribution in [2.24, 2.45) is 0 Å². The summed E-state index contributed by atoms with van der Waals surface area (Å²) in [4.78, 5) is 21.8. The Morgan fingerprint density at radius 2 is 1.62 bits per heavy atom. The van der Waals surface area contributed by atoms with Crippen molar-refractivity contribution < 1.29 is 4.79 Å². The molecule has 0 fully saturated rings. The molecule has 6 heteroatoms. The Balaban J connectivity index is 1.38. The van der Waals surface area contributed by atoms with Gasteiger partial charge < -0.3 is 5.32 Å². The first-order valence-electron chi connectivity index (χ1n) is 9.04. The van der Waals surface area contributed by atoms with Crippen molar-refractivity contribution in [2.45, 2.75) is 0 Å². The average molecular weight is 414 g/mol. The Labute approximate surface area is 175 Å². The minimum absolute atomic E-state index is 0.202. The Kier molecular flexibility index (Phi) is 4.63. The van der Waals surface area contributed by atoms with Gasteiger partial charge in [0.15, 0.2) is 5.01 Å². The molecule has 0 saturated heterocycles. The number of nitrogens with one attached hydrogen (secondary N) is 1. The molecule has 0 radical (unpaired) electrons. The van der Waals surface area contributed by atoms with Gasteiger partial charge in [-0.15, -0.1) is 22.7 Å². The molecule has 0 saturated carbocycles. The minimum Gasteiger partial charge on any atom is -0.320 e. The Morgan fingerprint density at radius 3 is 2.48 bits per heavy atom. The lowest BCUT2D eigenvalue weighted by atomic mass is 10.1. The Bertz CT molecular complexity index is 1270. The molecule has 1 N–H and O–H groups in total. The van der Waals surface area contributed by atoms with Crippen molar-refractivity contribution in [2.75, 3.05) is 5.32 Å². The molecule has 0 bridgehead atoms. The van der Waals surface area contributed by atoms with E-state index in [0.29, 0.717) is 5.01 Å². The first-order valence-corrected chi connectivity index (χ1v) is 10.7. The van der Waals surface area contributed by atoms with Crippen molar-refractivity contribution in [3.63, 3.8) is 0 Å². The van der Waals surface area contributed by atoms with Crippen molar-refractivity contribution in [1.29, 1.82) is 0 Å². The topological polar surface area (TPSA) is 54.9 Å². The lowest BCUT2D eigenvalue weighted by Gasteiger charge is -2.05. The maximum absolute atomic E-state index is 12.6. The first kappa shape index (κ1) is 17.7. The predicted molar refractivity (Wildman–Crippen MR) is 121 cm³/mol. The van der Waals surface area contributed by atoms with Gasteiger partial charge in [-0.1, -0.05) is 54.6 Å². The van der Waals surface area contributed by atoms with Gasteiger partial charge in [-0.25, -0.2) is 9.97 Å². The molecule has 1 amide bonds. The van der Waals surface area contributed by atoms with Gasteiger partial charge in [0.05, 0.1) is 15.9 Å². The predicted octanol–water partition coefficient (Wildman–Crippen LogP) is 6.34. The van der Waals surface area contributed by atoms with E-state index in [2.05, 4.69) is 22.4 Å². The van der Waals surface area contributed by atoms with Crippen LogP contribution in [-0.2, 0) is 0 Å². The van der Waals surface area contributed by atoms with Crippen LogP contribution in [0, 0.1) is 0 Å². The number of hydrogen-bond acceptors (Lipinski definition) is 5. The van der Waals surface area contributed by atoms with E-state index in [0.717, 1.165) is 37.7 Å². The Hall–Kier alpha value is -3.35. The van der Waals surface area contributed by atoms with Gasteiger partial charge in [0.25, 0.3) is 5.91 Å². The van der Waals surface area contributed by atoms with Gasteiger partial charge in [0, 0.05) is 22.2 Å². The highest BCUT2D eigenvalue weighted by Crippen LogP contribution is 2.30. The lowest BCUT2D eigenvalue weighted by Crippen LogP contribution is -2.11. The smallest absolute Gasteiger partial charge is 0.284 e. The monoisotopic (exact) mass is 413 g/mol. The van der Waals surface area contributed by atoms with E-state index in [9.17, 15) is 4.79 Å². The number of rotatable bonds is 4. The molecule has 0 aliphatic carbocycles. The van der Waals surface area contributed by atoms with Crippen LogP contribution in [0.3, 0.4) is 0 Å². The zero-order valence-corrected chi connectivity index (χ0v) is 16.8. The van der Waals surface area contributed by atoms with Crippen molar-refractivity contribution in [1.82, 2.24) is 9.97 Å². The van der Waals surface area contributed by atoms with E-state index in [1.165, 1.54) is 11.3 Å². The molecule has 0 aliphatic rings. The Morgan fingerprint density at radius 1 is 0.828 bits per heavy atom. The standard InChI is InChI=1S/C23H15N3OS2/c27-21(23-25-18-11-4-5-12-20(18)29-23)24-17-10-6-9-16(13-17)19-14-28-22(26-19)15-7-2-1-3-8-15/h1-14H,(H,24,27). The van der Waals surface area contributed by atoms with Crippen LogP contribution in [0.25, 0.3) is 32.0 Å². The van der Waals surface area contributed by atoms with Crippen LogP contribution >= 0.6 is 22.7 Å². The van der Waals surface area contributed by atoms with Crippen LogP contribution in [0.5, 0.6) is 0 Å². The molecule has 140 valence electrons. The van der Waals surface area contributed by atoms with Crippen LogP contribution < -0.4 is 5.32 Å². The van der Waals surface area contributed by atoms with Crippen LogP contribution in [0.4, 0.5) is 5.69 Å². The van der Waals surface area contributed by atoms with E-state index in [1.54, 1.807) is 11.3 Å². The van der Waals surface area contributed by atoms with Crippen molar-refractivity contribution in [3.05, 3.63) is 89.3 Å². The van der Waals surface area contributed by atoms with E-state index in [4.69, 9.17) is 4.98 Å². The minimum atomic E-state index is -0.202. The summed E-state index contributed by atoms with van der Waals surface area (Å²) in [6.45, 7) is 0. The maximum Gasteiger partial charge on any atom is 0.284 e. The van der Waals surface area contributed by atoms with Crippen molar-refractivity contribution in [3.8, 4) is 21.8 Å². The zero-order chi connectivity index (χ0) is 19.6. The number of thiazole rings is 2.